The number of rotatable bonds is 3. The Balaban J connectivity index is 1.71. The van der Waals surface area contributed by atoms with E-state index in [1.807, 2.05) is 0 Å². The van der Waals surface area contributed by atoms with Crippen LogP contribution in [-0.4, -0.2) is 41.7 Å². The lowest BCUT2D eigenvalue weighted by atomic mass is 10.2. The molecule has 0 unspecified atom stereocenters. The van der Waals surface area contributed by atoms with Crippen LogP contribution >= 0.6 is 0 Å². The molecule has 1 aromatic heterocycles. The summed E-state index contributed by atoms with van der Waals surface area (Å²) in [6.45, 7) is 0. The quantitative estimate of drug-likeness (QED) is 0.911. The van der Waals surface area contributed by atoms with Crippen molar-refractivity contribution in [1.82, 2.24) is 15.1 Å². The summed E-state index contributed by atoms with van der Waals surface area (Å²) >= 11 is 0. The van der Waals surface area contributed by atoms with E-state index in [0.717, 1.165) is 0 Å². The molecule has 0 bridgehead atoms. The van der Waals surface area contributed by atoms with Crippen LogP contribution in [0.25, 0.3) is 5.69 Å². The predicted molar refractivity (Wildman–Crippen MR) is 78.0 cm³/mol. The van der Waals surface area contributed by atoms with Crippen LogP contribution < -0.4 is 5.32 Å². The molecule has 1 aromatic carbocycles. The maximum atomic E-state index is 12.9. The number of aromatic nitrogens is 2. The number of hydrogen-bond acceptors (Lipinski definition) is 4. The van der Waals surface area contributed by atoms with Crippen molar-refractivity contribution in [2.75, 3.05) is 11.5 Å². The normalized spacial score (nSPS) is 20.0. The van der Waals surface area contributed by atoms with Crippen molar-refractivity contribution < 1.29 is 17.6 Å². The summed E-state index contributed by atoms with van der Waals surface area (Å²) in [4.78, 5) is 12.1. The van der Waals surface area contributed by atoms with Crippen LogP contribution in [0.5, 0.6) is 0 Å². The second kappa shape index (κ2) is 5.53. The highest BCUT2D eigenvalue weighted by Gasteiger charge is 2.29. The van der Waals surface area contributed by atoms with Crippen molar-refractivity contribution in [2.24, 2.45) is 0 Å². The molecule has 0 spiro atoms. The minimum Gasteiger partial charge on any atom is -0.347 e. The Kier molecular flexibility index (Phi) is 3.69. The Labute approximate surface area is 126 Å². The fraction of sp³-hybridized carbons (Fsp3) is 0.286. The number of carbonyl (C=O) groups is 1. The van der Waals surface area contributed by atoms with Gasteiger partial charge in [-0.15, -0.1) is 0 Å². The van der Waals surface area contributed by atoms with Crippen molar-refractivity contribution in [3.05, 3.63) is 48.0 Å². The summed E-state index contributed by atoms with van der Waals surface area (Å²) in [6, 6.07) is 6.87. The molecular formula is C14H14FN3O3S. The number of benzene rings is 1. The van der Waals surface area contributed by atoms with Gasteiger partial charge in [0.2, 0.25) is 0 Å². The van der Waals surface area contributed by atoms with Gasteiger partial charge in [0.1, 0.15) is 5.82 Å². The summed E-state index contributed by atoms with van der Waals surface area (Å²) in [5, 5.41) is 6.79. The third kappa shape index (κ3) is 3.16. The van der Waals surface area contributed by atoms with Crippen molar-refractivity contribution in [3.8, 4) is 5.69 Å². The van der Waals surface area contributed by atoms with Crippen LogP contribution in [0.4, 0.5) is 4.39 Å². The maximum Gasteiger partial charge on any atom is 0.272 e. The molecule has 1 N–H and O–H groups in total. The lowest BCUT2D eigenvalue weighted by Crippen LogP contribution is -2.35. The zero-order chi connectivity index (χ0) is 15.7. The second-order valence-corrected chi connectivity index (χ2v) is 7.42. The molecule has 1 amide bonds. The maximum absolute atomic E-state index is 12.9. The van der Waals surface area contributed by atoms with E-state index < -0.39 is 15.7 Å². The topological polar surface area (TPSA) is 81.1 Å². The van der Waals surface area contributed by atoms with Gasteiger partial charge in [-0.2, -0.15) is 5.10 Å². The van der Waals surface area contributed by atoms with E-state index >= 15 is 0 Å². The molecule has 6 nitrogen and oxygen atoms in total. The van der Waals surface area contributed by atoms with Gasteiger partial charge in [0, 0.05) is 12.2 Å². The predicted octanol–water partition coefficient (Wildman–Crippen LogP) is 0.928. The highest BCUT2D eigenvalue weighted by atomic mass is 32.2. The molecule has 1 aliphatic rings. The lowest BCUT2D eigenvalue weighted by molar-refractivity contribution is 0.0935. The van der Waals surface area contributed by atoms with E-state index in [-0.39, 0.29) is 29.1 Å². The van der Waals surface area contributed by atoms with Gasteiger partial charge in [-0.25, -0.2) is 17.5 Å². The molecule has 1 atom stereocenters. The molecule has 2 heterocycles. The van der Waals surface area contributed by atoms with Crippen molar-refractivity contribution in [2.45, 2.75) is 12.5 Å². The third-order valence-corrected chi connectivity index (χ3v) is 5.25. The Morgan fingerprint density at radius 1 is 1.27 bits per heavy atom. The van der Waals surface area contributed by atoms with Crippen LogP contribution in [0.1, 0.15) is 16.9 Å². The first-order valence-electron chi connectivity index (χ1n) is 6.76. The average molecular weight is 323 g/mol. The largest absolute Gasteiger partial charge is 0.347 e. The van der Waals surface area contributed by atoms with E-state index in [1.54, 1.807) is 18.3 Å². The molecule has 116 valence electrons. The number of amides is 1. The number of nitrogens with zero attached hydrogens (tertiary/aromatic N) is 2. The molecule has 1 saturated heterocycles. The van der Waals surface area contributed by atoms with Gasteiger partial charge >= 0.3 is 0 Å². The fourth-order valence-corrected chi connectivity index (χ4v) is 4.02. The van der Waals surface area contributed by atoms with Crippen LogP contribution in [-0.2, 0) is 9.84 Å². The number of carbonyl (C=O) groups excluding carboxylic acids is 1. The van der Waals surface area contributed by atoms with Crippen LogP contribution in [0.15, 0.2) is 36.5 Å². The van der Waals surface area contributed by atoms with Crippen molar-refractivity contribution >= 4 is 15.7 Å². The summed E-state index contributed by atoms with van der Waals surface area (Å²) in [5.41, 5.74) is 0.817. The van der Waals surface area contributed by atoms with E-state index in [1.165, 1.54) is 22.9 Å². The van der Waals surface area contributed by atoms with Crippen LogP contribution in [0.3, 0.4) is 0 Å². The molecule has 3 rings (SSSR count). The summed E-state index contributed by atoms with van der Waals surface area (Å²) in [7, 11) is -3.04. The lowest BCUT2D eigenvalue weighted by Gasteiger charge is -2.08. The molecule has 1 fully saturated rings. The Hall–Kier alpha value is -2.22. The number of hydrogen-bond donors (Lipinski definition) is 1. The van der Waals surface area contributed by atoms with Crippen molar-refractivity contribution in [3.63, 3.8) is 0 Å². The average Bonchev–Trinajstić information content (AvgIpc) is 3.06. The molecular weight excluding hydrogens is 309 g/mol. The Bertz CT molecular complexity index is 799. The van der Waals surface area contributed by atoms with Crippen molar-refractivity contribution in [1.29, 1.82) is 0 Å². The summed E-state index contributed by atoms with van der Waals surface area (Å²) in [5.74, 6) is -0.696. The smallest absolute Gasteiger partial charge is 0.272 e. The van der Waals surface area contributed by atoms with E-state index in [2.05, 4.69) is 10.4 Å². The molecule has 2 aromatic rings. The number of halogens is 1. The van der Waals surface area contributed by atoms with Gasteiger partial charge in [-0.05, 0) is 36.8 Å². The van der Waals surface area contributed by atoms with Gasteiger partial charge in [0.05, 0.1) is 17.2 Å². The molecule has 1 aliphatic heterocycles. The minimum absolute atomic E-state index is 0.0303. The zero-order valence-corrected chi connectivity index (χ0v) is 12.4. The highest BCUT2D eigenvalue weighted by molar-refractivity contribution is 7.91. The molecule has 22 heavy (non-hydrogen) atoms. The fourth-order valence-electron chi connectivity index (χ4n) is 2.35. The van der Waals surface area contributed by atoms with Gasteiger partial charge in [0.15, 0.2) is 15.5 Å². The standard InChI is InChI=1S/C14H14FN3O3S/c15-10-1-3-12(4-2-10)18-7-5-13(17-18)14(19)16-11-6-8-22(20,21)9-11/h1-5,7,11H,6,8-9H2,(H,16,19)/t11-/m1/s1. The van der Waals surface area contributed by atoms with Crippen LogP contribution in [0, 0.1) is 5.82 Å². The van der Waals surface area contributed by atoms with E-state index in [4.69, 9.17) is 0 Å². The first kappa shape index (κ1) is 14.7. The van der Waals surface area contributed by atoms with E-state index in [0.29, 0.717) is 12.1 Å². The first-order valence-corrected chi connectivity index (χ1v) is 8.58. The SMILES string of the molecule is O=C(N[C@@H]1CCS(=O)(=O)C1)c1ccn(-c2ccc(F)cc2)n1. The Morgan fingerprint density at radius 2 is 2.00 bits per heavy atom. The summed E-state index contributed by atoms with van der Waals surface area (Å²) < 4.78 is 37.1. The molecule has 0 aliphatic carbocycles. The van der Waals surface area contributed by atoms with E-state index in [9.17, 15) is 17.6 Å². The first-order chi connectivity index (χ1) is 10.4. The van der Waals surface area contributed by atoms with Gasteiger partial charge in [0.25, 0.3) is 5.91 Å². The number of sulfone groups is 1. The van der Waals surface area contributed by atoms with Gasteiger partial charge in [-0.3, -0.25) is 4.79 Å². The monoisotopic (exact) mass is 323 g/mol. The molecule has 0 radical (unpaired) electrons. The second-order valence-electron chi connectivity index (χ2n) is 5.20. The molecule has 0 saturated carbocycles. The highest BCUT2D eigenvalue weighted by Crippen LogP contribution is 2.13. The summed E-state index contributed by atoms with van der Waals surface area (Å²) in [6.07, 6.45) is 2.01. The third-order valence-electron chi connectivity index (χ3n) is 3.48. The minimum atomic E-state index is -3.04. The number of nitrogens with one attached hydrogen (secondary N) is 1. The zero-order valence-electron chi connectivity index (χ0n) is 11.6. The van der Waals surface area contributed by atoms with Gasteiger partial charge in [-0.1, -0.05) is 0 Å². The Morgan fingerprint density at radius 3 is 2.64 bits per heavy atom. The van der Waals surface area contributed by atoms with Gasteiger partial charge < -0.3 is 5.32 Å². The van der Waals surface area contributed by atoms with Crippen LogP contribution in [0.2, 0.25) is 0 Å². The molecule has 8 heteroatoms.